The van der Waals surface area contributed by atoms with Crippen molar-refractivity contribution in [2.75, 3.05) is 13.1 Å². The van der Waals surface area contributed by atoms with E-state index in [2.05, 4.69) is 11.2 Å². The molecule has 1 atom stereocenters. The van der Waals surface area contributed by atoms with Gasteiger partial charge >= 0.3 is 0 Å². The molecule has 0 aliphatic carbocycles. The van der Waals surface area contributed by atoms with E-state index in [4.69, 9.17) is 6.42 Å². The van der Waals surface area contributed by atoms with E-state index in [1.165, 1.54) is 0 Å². The van der Waals surface area contributed by atoms with Crippen LogP contribution in [0, 0.1) is 12.3 Å². The summed E-state index contributed by atoms with van der Waals surface area (Å²) >= 11 is 0. The van der Waals surface area contributed by atoms with Gasteiger partial charge < -0.3 is 10.2 Å². The van der Waals surface area contributed by atoms with Crippen molar-refractivity contribution in [2.24, 2.45) is 0 Å². The quantitative estimate of drug-likeness (QED) is 0.545. The molecule has 0 saturated carbocycles. The summed E-state index contributed by atoms with van der Waals surface area (Å²) in [5.74, 6) is 2.49. The van der Waals surface area contributed by atoms with Crippen molar-refractivity contribution in [1.82, 2.24) is 10.2 Å². The number of hydrogen-bond acceptors (Lipinski definition) is 2. The largest absolute Gasteiger partial charge is 0.343 e. The predicted octanol–water partition coefficient (Wildman–Crippen LogP) is 0.527. The fraction of sp³-hybridized carbons (Fsp3) is 0.667. The number of hydrogen-bond donors (Lipinski definition) is 1. The minimum atomic E-state index is -0.336. The monoisotopic (exact) mass is 222 g/mol. The Morgan fingerprint density at radius 1 is 1.56 bits per heavy atom. The zero-order chi connectivity index (χ0) is 12.0. The van der Waals surface area contributed by atoms with Gasteiger partial charge in [0, 0.05) is 13.0 Å². The Morgan fingerprint density at radius 3 is 2.94 bits per heavy atom. The lowest BCUT2D eigenvalue weighted by atomic mass is 10.1. The minimum absolute atomic E-state index is 0.0264. The Hall–Kier alpha value is -1.50. The molecule has 0 aromatic carbocycles. The van der Waals surface area contributed by atoms with Crippen LogP contribution in [-0.2, 0) is 9.59 Å². The Bertz CT molecular complexity index is 307. The van der Waals surface area contributed by atoms with E-state index in [-0.39, 0.29) is 24.4 Å². The fourth-order valence-electron chi connectivity index (χ4n) is 1.82. The number of piperazine rings is 1. The van der Waals surface area contributed by atoms with Crippen molar-refractivity contribution in [2.45, 2.75) is 38.6 Å². The molecule has 1 rings (SSSR count). The van der Waals surface area contributed by atoms with Crippen LogP contribution in [0.4, 0.5) is 0 Å². The lowest BCUT2D eigenvalue weighted by Gasteiger charge is -2.32. The van der Waals surface area contributed by atoms with Crippen LogP contribution in [0.15, 0.2) is 0 Å². The highest BCUT2D eigenvalue weighted by atomic mass is 16.2. The minimum Gasteiger partial charge on any atom is -0.343 e. The first-order valence-corrected chi connectivity index (χ1v) is 5.70. The Balaban J connectivity index is 2.52. The first kappa shape index (κ1) is 12.6. The van der Waals surface area contributed by atoms with Crippen LogP contribution in [0.2, 0.25) is 0 Å². The number of carbonyl (C=O) groups is 2. The summed E-state index contributed by atoms with van der Waals surface area (Å²) in [4.78, 5) is 24.9. The summed E-state index contributed by atoms with van der Waals surface area (Å²) in [5.41, 5.74) is 0. The van der Waals surface area contributed by atoms with Crippen molar-refractivity contribution < 1.29 is 9.59 Å². The molecule has 16 heavy (non-hydrogen) atoms. The van der Waals surface area contributed by atoms with E-state index in [1.54, 1.807) is 4.90 Å². The van der Waals surface area contributed by atoms with E-state index in [0.717, 1.165) is 12.8 Å². The summed E-state index contributed by atoms with van der Waals surface area (Å²) in [5, 5.41) is 2.72. The second-order valence-corrected chi connectivity index (χ2v) is 3.98. The molecule has 0 bridgehead atoms. The Kier molecular flexibility index (Phi) is 4.84. The molecule has 1 saturated heterocycles. The van der Waals surface area contributed by atoms with Crippen LogP contribution in [-0.4, -0.2) is 35.8 Å². The molecule has 0 aromatic heterocycles. The molecule has 1 fully saturated rings. The van der Waals surface area contributed by atoms with Gasteiger partial charge in [-0.25, -0.2) is 0 Å². The van der Waals surface area contributed by atoms with E-state index in [9.17, 15) is 9.59 Å². The molecule has 1 N–H and O–H groups in total. The zero-order valence-electron chi connectivity index (χ0n) is 9.66. The molecular formula is C12H18N2O2. The highest BCUT2D eigenvalue weighted by Crippen LogP contribution is 2.08. The number of amides is 2. The van der Waals surface area contributed by atoms with Crippen molar-refractivity contribution >= 4 is 11.8 Å². The Labute approximate surface area is 96.4 Å². The molecule has 88 valence electrons. The molecule has 2 amide bonds. The molecule has 0 radical (unpaired) electrons. The standard InChI is InChI=1S/C12H18N2O2/c1-3-5-6-8-14-9-11(15)13-10(7-4-2)12(14)16/h1,10H,4-9H2,2H3,(H,13,15). The second-order valence-electron chi connectivity index (χ2n) is 3.98. The zero-order valence-corrected chi connectivity index (χ0v) is 9.66. The molecule has 4 heteroatoms. The average Bonchev–Trinajstić information content (AvgIpc) is 2.25. The number of unbranched alkanes of at least 4 members (excludes halogenated alkanes) is 1. The number of rotatable bonds is 5. The van der Waals surface area contributed by atoms with Crippen LogP contribution in [0.5, 0.6) is 0 Å². The predicted molar refractivity (Wildman–Crippen MR) is 61.5 cm³/mol. The summed E-state index contributed by atoms with van der Waals surface area (Å²) in [6, 6.07) is -0.336. The summed E-state index contributed by atoms with van der Waals surface area (Å²) in [6.07, 6.45) is 8.14. The number of carbonyl (C=O) groups excluding carboxylic acids is 2. The topological polar surface area (TPSA) is 49.4 Å². The van der Waals surface area contributed by atoms with Gasteiger partial charge in [-0.15, -0.1) is 12.3 Å². The molecule has 1 heterocycles. The van der Waals surface area contributed by atoms with E-state index in [0.29, 0.717) is 19.4 Å². The molecule has 4 nitrogen and oxygen atoms in total. The number of nitrogens with zero attached hydrogens (tertiary/aromatic N) is 1. The van der Waals surface area contributed by atoms with Gasteiger partial charge in [-0.2, -0.15) is 0 Å². The second kappa shape index (κ2) is 6.16. The molecular weight excluding hydrogens is 204 g/mol. The first-order valence-electron chi connectivity index (χ1n) is 5.70. The van der Waals surface area contributed by atoms with Crippen LogP contribution < -0.4 is 5.32 Å². The van der Waals surface area contributed by atoms with E-state index in [1.807, 2.05) is 6.92 Å². The van der Waals surface area contributed by atoms with Gasteiger partial charge in [-0.1, -0.05) is 13.3 Å². The van der Waals surface area contributed by atoms with Gasteiger partial charge in [-0.05, 0) is 12.8 Å². The molecule has 0 spiro atoms. The Morgan fingerprint density at radius 2 is 2.31 bits per heavy atom. The van der Waals surface area contributed by atoms with Crippen LogP contribution in [0.3, 0.4) is 0 Å². The average molecular weight is 222 g/mol. The van der Waals surface area contributed by atoms with Gasteiger partial charge in [0.15, 0.2) is 0 Å². The summed E-state index contributed by atoms with van der Waals surface area (Å²) in [6.45, 7) is 2.75. The fourth-order valence-corrected chi connectivity index (χ4v) is 1.82. The highest BCUT2D eigenvalue weighted by Gasteiger charge is 2.31. The van der Waals surface area contributed by atoms with Gasteiger partial charge in [-0.3, -0.25) is 9.59 Å². The smallest absolute Gasteiger partial charge is 0.245 e. The van der Waals surface area contributed by atoms with Crippen LogP contribution >= 0.6 is 0 Å². The van der Waals surface area contributed by atoms with E-state index >= 15 is 0 Å². The van der Waals surface area contributed by atoms with Crippen molar-refractivity contribution in [1.29, 1.82) is 0 Å². The third-order valence-corrected chi connectivity index (χ3v) is 2.61. The molecule has 0 aromatic rings. The van der Waals surface area contributed by atoms with Crippen molar-refractivity contribution in [3.63, 3.8) is 0 Å². The maximum absolute atomic E-state index is 11.9. The lowest BCUT2D eigenvalue weighted by Crippen LogP contribution is -2.58. The van der Waals surface area contributed by atoms with Crippen LogP contribution in [0.1, 0.15) is 32.6 Å². The van der Waals surface area contributed by atoms with Gasteiger partial charge in [0.2, 0.25) is 11.8 Å². The van der Waals surface area contributed by atoms with Crippen molar-refractivity contribution in [3.8, 4) is 12.3 Å². The lowest BCUT2D eigenvalue weighted by molar-refractivity contribution is -0.144. The van der Waals surface area contributed by atoms with E-state index < -0.39 is 0 Å². The summed E-state index contributed by atoms with van der Waals surface area (Å²) < 4.78 is 0. The third-order valence-electron chi connectivity index (χ3n) is 2.61. The number of terminal acetylenes is 1. The number of nitrogens with one attached hydrogen (secondary N) is 1. The third kappa shape index (κ3) is 3.27. The molecule has 1 aliphatic rings. The maximum Gasteiger partial charge on any atom is 0.245 e. The van der Waals surface area contributed by atoms with Gasteiger partial charge in [0.1, 0.15) is 6.04 Å². The summed E-state index contributed by atoms with van der Waals surface area (Å²) in [7, 11) is 0. The maximum atomic E-state index is 11.9. The molecule has 1 unspecified atom stereocenters. The first-order chi connectivity index (χ1) is 7.69. The van der Waals surface area contributed by atoms with Gasteiger partial charge in [0.05, 0.1) is 6.54 Å². The molecule has 1 aliphatic heterocycles. The van der Waals surface area contributed by atoms with Crippen molar-refractivity contribution in [3.05, 3.63) is 0 Å². The SMILES string of the molecule is C#CCCCN1CC(=O)NC(CCC)C1=O. The van der Waals surface area contributed by atoms with Crippen LogP contribution in [0.25, 0.3) is 0 Å². The van der Waals surface area contributed by atoms with Gasteiger partial charge in [0.25, 0.3) is 0 Å². The normalized spacial score (nSPS) is 20.5. The highest BCUT2D eigenvalue weighted by molar-refractivity contribution is 5.94.